The molecule has 0 saturated heterocycles. The predicted octanol–water partition coefficient (Wildman–Crippen LogP) is 3.93. The van der Waals surface area contributed by atoms with Gasteiger partial charge < -0.3 is 16.0 Å². The van der Waals surface area contributed by atoms with Crippen LogP contribution in [0.15, 0.2) is 24.8 Å². The Morgan fingerprint density at radius 2 is 1.67 bits per heavy atom. The fraction of sp³-hybridized carbons (Fsp3) is 0.609. The van der Waals surface area contributed by atoms with Crippen LogP contribution in [0.2, 0.25) is 0 Å². The van der Waals surface area contributed by atoms with Gasteiger partial charge in [0.2, 0.25) is 5.91 Å². The molecule has 0 aromatic heterocycles. The molecule has 1 aliphatic carbocycles. The van der Waals surface area contributed by atoms with Crippen LogP contribution in [0.3, 0.4) is 0 Å². The first-order chi connectivity index (χ1) is 12.6. The van der Waals surface area contributed by atoms with Gasteiger partial charge in [-0.15, -0.1) is 0 Å². The molecule has 27 heavy (non-hydrogen) atoms. The van der Waals surface area contributed by atoms with Crippen molar-refractivity contribution in [3.63, 3.8) is 0 Å². The summed E-state index contributed by atoms with van der Waals surface area (Å²) in [7, 11) is 0. The maximum Gasteiger partial charge on any atom is 0.234 e. The molecule has 2 rings (SSSR count). The summed E-state index contributed by atoms with van der Waals surface area (Å²) in [6.45, 7) is 15.9. The van der Waals surface area contributed by atoms with Crippen LogP contribution in [0, 0.1) is 19.8 Å². The van der Waals surface area contributed by atoms with Crippen molar-refractivity contribution in [3.05, 3.63) is 41.5 Å². The van der Waals surface area contributed by atoms with Crippen molar-refractivity contribution in [2.75, 3.05) is 13.1 Å². The first kappa shape index (κ1) is 21.5. The van der Waals surface area contributed by atoms with Crippen molar-refractivity contribution in [2.24, 2.45) is 5.92 Å². The van der Waals surface area contributed by atoms with Gasteiger partial charge in [0.25, 0.3) is 0 Å². The highest BCUT2D eigenvalue weighted by Crippen LogP contribution is 2.24. The number of carbonyl (C=O) groups is 1. The van der Waals surface area contributed by atoms with Crippen LogP contribution in [0.25, 0.3) is 5.70 Å². The zero-order valence-corrected chi connectivity index (χ0v) is 17.7. The molecule has 1 amide bonds. The van der Waals surface area contributed by atoms with Crippen LogP contribution < -0.4 is 16.0 Å². The van der Waals surface area contributed by atoms with Gasteiger partial charge in [0.1, 0.15) is 0 Å². The zero-order valence-electron chi connectivity index (χ0n) is 17.7. The molecule has 0 aliphatic heterocycles. The van der Waals surface area contributed by atoms with E-state index in [1.165, 1.54) is 29.5 Å². The third-order valence-electron chi connectivity index (χ3n) is 5.09. The quantitative estimate of drug-likeness (QED) is 0.681. The smallest absolute Gasteiger partial charge is 0.234 e. The number of rotatable bonds is 7. The fourth-order valence-corrected chi connectivity index (χ4v) is 3.79. The van der Waals surface area contributed by atoms with Crippen molar-refractivity contribution >= 4 is 11.6 Å². The van der Waals surface area contributed by atoms with E-state index in [-0.39, 0.29) is 11.4 Å². The number of hydrogen-bond acceptors (Lipinski definition) is 3. The summed E-state index contributed by atoms with van der Waals surface area (Å²) >= 11 is 0. The zero-order chi connectivity index (χ0) is 20.0. The Kier molecular flexibility index (Phi) is 7.49. The molecular formula is C23H37N3O. The van der Waals surface area contributed by atoms with Gasteiger partial charge in [-0.05, 0) is 83.9 Å². The molecular weight excluding hydrogens is 334 g/mol. The molecule has 0 bridgehead atoms. The van der Waals surface area contributed by atoms with Crippen LogP contribution in [-0.2, 0) is 4.79 Å². The normalized spacial score (nSPS) is 20.2. The van der Waals surface area contributed by atoms with Gasteiger partial charge in [0.05, 0.1) is 6.54 Å². The average Bonchev–Trinajstić information content (AvgIpc) is 2.56. The number of carbonyl (C=O) groups excluding carboxylic acids is 1. The lowest BCUT2D eigenvalue weighted by Crippen LogP contribution is -2.47. The van der Waals surface area contributed by atoms with Gasteiger partial charge in [-0.25, -0.2) is 0 Å². The third kappa shape index (κ3) is 7.76. The maximum absolute atomic E-state index is 11.9. The molecule has 0 spiro atoms. The number of aryl methyl sites for hydroxylation is 2. The number of amides is 1. The van der Waals surface area contributed by atoms with E-state index in [1.807, 2.05) is 20.8 Å². The number of benzene rings is 1. The van der Waals surface area contributed by atoms with Crippen molar-refractivity contribution in [1.29, 1.82) is 0 Å². The topological polar surface area (TPSA) is 53.2 Å². The SMILES string of the molecule is C=C(NC[C@H]1CC[C@H](NCC(=O)NC(C)(C)C)CC1)c1cc(C)cc(C)c1. The molecule has 1 fully saturated rings. The van der Waals surface area contributed by atoms with E-state index in [9.17, 15) is 4.79 Å². The van der Waals surface area contributed by atoms with E-state index < -0.39 is 0 Å². The summed E-state index contributed by atoms with van der Waals surface area (Å²) in [5.74, 6) is 0.755. The van der Waals surface area contributed by atoms with Gasteiger partial charge in [-0.1, -0.05) is 23.8 Å². The lowest BCUT2D eigenvalue weighted by Gasteiger charge is -2.30. The largest absolute Gasteiger partial charge is 0.385 e. The van der Waals surface area contributed by atoms with E-state index in [4.69, 9.17) is 0 Å². The summed E-state index contributed by atoms with van der Waals surface area (Å²) in [6.07, 6.45) is 4.63. The minimum atomic E-state index is -0.166. The van der Waals surface area contributed by atoms with Crippen LogP contribution in [0.5, 0.6) is 0 Å². The molecule has 0 radical (unpaired) electrons. The minimum absolute atomic E-state index is 0.0797. The van der Waals surface area contributed by atoms with Gasteiger partial charge >= 0.3 is 0 Å². The monoisotopic (exact) mass is 371 g/mol. The summed E-state index contributed by atoms with van der Waals surface area (Å²) in [4.78, 5) is 11.9. The lowest BCUT2D eigenvalue weighted by molar-refractivity contribution is -0.121. The van der Waals surface area contributed by atoms with Gasteiger partial charge in [0, 0.05) is 23.8 Å². The molecule has 1 aromatic rings. The maximum atomic E-state index is 11.9. The molecule has 1 aliphatic rings. The van der Waals surface area contributed by atoms with E-state index in [2.05, 4.69) is 54.6 Å². The van der Waals surface area contributed by atoms with Crippen molar-refractivity contribution in [3.8, 4) is 0 Å². The Hall–Kier alpha value is -1.81. The molecule has 0 atom stereocenters. The second-order valence-corrected chi connectivity index (χ2v) is 9.13. The molecule has 4 nitrogen and oxygen atoms in total. The van der Waals surface area contributed by atoms with E-state index >= 15 is 0 Å². The third-order valence-corrected chi connectivity index (χ3v) is 5.09. The van der Waals surface area contributed by atoms with Gasteiger partial charge in [0.15, 0.2) is 0 Å². The van der Waals surface area contributed by atoms with Crippen molar-refractivity contribution in [1.82, 2.24) is 16.0 Å². The molecule has 1 saturated carbocycles. The first-order valence-electron chi connectivity index (χ1n) is 10.2. The predicted molar refractivity (Wildman–Crippen MR) is 115 cm³/mol. The lowest BCUT2D eigenvalue weighted by atomic mass is 9.86. The average molecular weight is 372 g/mol. The Bertz CT molecular complexity index is 632. The van der Waals surface area contributed by atoms with Crippen molar-refractivity contribution in [2.45, 2.75) is 71.9 Å². The molecule has 0 unspecified atom stereocenters. The standard InChI is InChI=1S/C23H37N3O/c1-16-11-17(2)13-20(12-16)18(3)24-14-19-7-9-21(10-8-19)25-15-22(27)26-23(4,5)6/h11-13,19,21,24-25H,3,7-10,14-15H2,1-2,4-6H3,(H,26,27)/t19-,21-. The molecule has 1 aromatic carbocycles. The summed E-state index contributed by atoms with van der Waals surface area (Å²) in [5.41, 5.74) is 4.58. The van der Waals surface area contributed by atoms with Crippen LogP contribution >= 0.6 is 0 Å². The molecule has 3 N–H and O–H groups in total. The minimum Gasteiger partial charge on any atom is -0.385 e. The van der Waals surface area contributed by atoms with Crippen LogP contribution in [0.1, 0.15) is 63.1 Å². The highest BCUT2D eigenvalue weighted by molar-refractivity contribution is 5.78. The molecule has 150 valence electrons. The Balaban J connectivity index is 1.68. The van der Waals surface area contributed by atoms with Crippen LogP contribution in [0.4, 0.5) is 0 Å². The number of hydrogen-bond donors (Lipinski definition) is 3. The highest BCUT2D eigenvalue weighted by atomic mass is 16.2. The highest BCUT2D eigenvalue weighted by Gasteiger charge is 2.22. The molecule has 0 heterocycles. The summed E-state index contributed by atoms with van der Waals surface area (Å²) in [5, 5.41) is 9.96. The second-order valence-electron chi connectivity index (χ2n) is 9.13. The fourth-order valence-electron chi connectivity index (χ4n) is 3.79. The van der Waals surface area contributed by atoms with Gasteiger partial charge in [-0.3, -0.25) is 4.79 Å². The molecule has 4 heteroatoms. The van der Waals surface area contributed by atoms with Crippen LogP contribution in [-0.4, -0.2) is 30.6 Å². The van der Waals surface area contributed by atoms with Gasteiger partial charge in [-0.2, -0.15) is 0 Å². The first-order valence-corrected chi connectivity index (χ1v) is 10.2. The summed E-state index contributed by atoms with van der Waals surface area (Å²) in [6, 6.07) is 7.01. The Morgan fingerprint density at radius 1 is 1.07 bits per heavy atom. The van der Waals surface area contributed by atoms with Crippen molar-refractivity contribution < 1.29 is 4.79 Å². The number of nitrogens with one attached hydrogen (secondary N) is 3. The second kappa shape index (κ2) is 9.41. The van der Waals surface area contributed by atoms with E-state index in [0.29, 0.717) is 18.5 Å². The van der Waals surface area contributed by atoms with E-state index in [1.54, 1.807) is 0 Å². The summed E-state index contributed by atoms with van der Waals surface area (Å²) < 4.78 is 0. The Labute approximate surface area is 165 Å². The Morgan fingerprint density at radius 3 is 2.22 bits per heavy atom. The van der Waals surface area contributed by atoms with E-state index in [0.717, 1.165) is 25.1 Å².